The summed E-state index contributed by atoms with van der Waals surface area (Å²) in [6, 6.07) is 8.76. The van der Waals surface area contributed by atoms with E-state index in [1.807, 2.05) is 0 Å². The Bertz CT molecular complexity index is 423. The Balaban J connectivity index is 1.73. The lowest BCUT2D eigenvalue weighted by molar-refractivity contribution is 0.0983. The Morgan fingerprint density at radius 3 is 2.70 bits per heavy atom. The monoisotopic (exact) mass is 274 g/mol. The fourth-order valence-electron chi connectivity index (χ4n) is 3.46. The highest BCUT2D eigenvalue weighted by Crippen LogP contribution is 2.31. The van der Waals surface area contributed by atoms with E-state index in [-0.39, 0.29) is 6.04 Å². The van der Waals surface area contributed by atoms with Crippen molar-refractivity contribution in [1.82, 2.24) is 0 Å². The van der Waals surface area contributed by atoms with Gasteiger partial charge in [-0.05, 0) is 50.2 Å². The molecule has 3 rings (SSSR count). The fourth-order valence-corrected chi connectivity index (χ4v) is 3.46. The summed E-state index contributed by atoms with van der Waals surface area (Å²) in [6.07, 6.45) is 7.63. The highest BCUT2D eigenvalue weighted by atomic mass is 16.5. The summed E-state index contributed by atoms with van der Waals surface area (Å²) in [6.45, 7) is 3.25. The van der Waals surface area contributed by atoms with E-state index in [1.165, 1.54) is 56.4 Å². The van der Waals surface area contributed by atoms with Gasteiger partial charge < -0.3 is 15.4 Å². The van der Waals surface area contributed by atoms with Crippen LogP contribution >= 0.6 is 0 Å². The van der Waals surface area contributed by atoms with E-state index >= 15 is 0 Å². The summed E-state index contributed by atoms with van der Waals surface area (Å²) in [5.41, 5.74) is 9.12. The molecule has 0 spiro atoms. The third-order valence-electron chi connectivity index (χ3n) is 4.57. The predicted octanol–water partition coefficient (Wildman–Crippen LogP) is 3.25. The number of hydrogen-bond donors (Lipinski definition) is 1. The number of piperidine rings is 1. The standard InChI is InChI=1S/C17H26N2O/c18-16(13-14-7-6-12-20-14)15-8-2-3-9-17(15)19-10-4-1-5-11-19/h2-3,8-9,14,16H,1,4-7,10-13,18H2. The molecule has 2 aliphatic heterocycles. The average Bonchev–Trinajstić information content (AvgIpc) is 3.01. The van der Waals surface area contributed by atoms with Gasteiger partial charge in [-0.25, -0.2) is 0 Å². The molecular formula is C17H26N2O. The van der Waals surface area contributed by atoms with Gasteiger partial charge in [-0.3, -0.25) is 0 Å². The van der Waals surface area contributed by atoms with E-state index in [9.17, 15) is 0 Å². The second-order valence-corrected chi connectivity index (χ2v) is 6.08. The molecule has 0 radical (unpaired) electrons. The van der Waals surface area contributed by atoms with Gasteiger partial charge in [-0.15, -0.1) is 0 Å². The molecule has 2 N–H and O–H groups in total. The number of ether oxygens (including phenoxy) is 1. The Kier molecular flexibility index (Phi) is 4.58. The fraction of sp³-hybridized carbons (Fsp3) is 0.647. The Morgan fingerprint density at radius 1 is 1.15 bits per heavy atom. The minimum Gasteiger partial charge on any atom is -0.378 e. The van der Waals surface area contributed by atoms with Crippen molar-refractivity contribution >= 4 is 5.69 Å². The molecule has 1 aromatic rings. The first-order chi connectivity index (χ1) is 9.84. The van der Waals surface area contributed by atoms with Crippen molar-refractivity contribution in [3.8, 4) is 0 Å². The van der Waals surface area contributed by atoms with E-state index in [1.54, 1.807) is 0 Å². The summed E-state index contributed by atoms with van der Waals surface area (Å²) in [5.74, 6) is 0. The van der Waals surface area contributed by atoms with Crippen LogP contribution in [0.2, 0.25) is 0 Å². The normalized spacial score (nSPS) is 24.9. The first kappa shape index (κ1) is 13.9. The Labute approximate surface area is 122 Å². The maximum atomic E-state index is 6.48. The van der Waals surface area contributed by atoms with Crippen LogP contribution in [0.1, 0.15) is 50.1 Å². The molecule has 1 aromatic carbocycles. The quantitative estimate of drug-likeness (QED) is 0.916. The minimum absolute atomic E-state index is 0.0937. The molecule has 0 bridgehead atoms. The van der Waals surface area contributed by atoms with Gasteiger partial charge in [0.05, 0.1) is 6.10 Å². The molecule has 2 unspecified atom stereocenters. The summed E-state index contributed by atoms with van der Waals surface area (Å²) in [7, 11) is 0. The summed E-state index contributed by atoms with van der Waals surface area (Å²) in [4.78, 5) is 2.51. The van der Waals surface area contributed by atoms with Gasteiger partial charge >= 0.3 is 0 Å². The lowest BCUT2D eigenvalue weighted by atomic mass is 9.97. The summed E-state index contributed by atoms with van der Waals surface area (Å²) < 4.78 is 5.74. The van der Waals surface area contributed by atoms with Crippen LogP contribution in [0.5, 0.6) is 0 Å². The van der Waals surface area contributed by atoms with Gasteiger partial charge in [-0.1, -0.05) is 18.2 Å². The van der Waals surface area contributed by atoms with Crippen molar-refractivity contribution < 1.29 is 4.74 Å². The molecule has 3 heteroatoms. The molecule has 2 fully saturated rings. The van der Waals surface area contributed by atoms with Crippen LogP contribution in [0.3, 0.4) is 0 Å². The van der Waals surface area contributed by atoms with Gasteiger partial charge in [0, 0.05) is 31.4 Å². The highest BCUT2D eigenvalue weighted by Gasteiger charge is 2.22. The Morgan fingerprint density at radius 2 is 1.95 bits per heavy atom. The summed E-state index contributed by atoms with van der Waals surface area (Å²) >= 11 is 0. The molecule has 2 saturated heterocycles. The van der Waals surface area contributed by atoms with E-state index < -0.39 is 0 Å². The molecule has 0 aromatic heterocycles. The van der Waals surface area contributed by atoms with Crippen molar-refractivity contribution in [2.24, 2.45) is 5.73 Å². The topological polar surface area (TPSA) is 38.5 Å². The molecule has 0 aliphatic carbocycles. The summed E-state index contributed by atoms with van der Waals surface area (Å²) in [5, 5.41) is 0. The molecule has 110 valence electrons. The van der Waals surface area contributed by atoms with Crippen molar-refractivity contribution in [2.45, 2.75) is 50.7 Å². The number of nitrogens with two attached hydrogens (primary N) is 1. The predicted molar refractivity (Wildman–Crippen MR) is 83.0 cm³/mol. The average molecular weight is 274 g/mol. The van der Waals surface area contributed by atoms with Gasteiger partial charge in [0.15, 0.2) is 0 Å². The first-order valence-corrected chi connectivity index (χ1v) is 8.05. The van der Waals surface area contributed by atoms with Crippen molar-refractivity contribution in [3.63, 3.8) is 0 Å². The third kappa shape index (κ3) is 3.15. The largest absolute Gasteiger partial charge is 0.378 e. The molecule has 2 aliphatic rings. The lowest BCUT2D eigenvalue weighted by Crippen LogP contribution is -2.31. The second-order valence-electron chi connectivity index (χ2n) is 6.08. The van der Waals surface area contributed by atoms with Gasteiger partial charge in [-0.2, -0.15) is 0 Å². The smallest absolute Gasteiger partial charge is 0.0594 e. The minimum atomic E-state index is 0.0937. The molecule has 3 nitrogen and oxygen atoms in total. The maximum Gasteiger partial charge on any atom is 0.0594 e. The van der Waals surface area contributed by atoms with Gasteiger partial charge in [0.25, 0.3) is 0 Å². The zero-order valence-corrected chi connectivity index (χ0v) is 12.3. The lowest BCUT2D eigenvalue weighted by Gasteiger charge is -2.32. The number of hydrogen-bond acceptors (Lipinski definition) is 3. The van der Waals surface area contributed by atoms with Crippen molar-refractivity contribution in [2.75, 3.05) is 24.6 Å². The van der Waals surface area contributed by atoms with E-state index in [2.05, 4.69) is 29.2 Å². The zero-order chi connectivity index (χ0) is 13.8. The van der Waals surface area contributed by atoms with Crippen LogP contribution in [0.15, 0.2) is 24.3 Å². The number of nitrogens with zero attached hydrogens (tertiary/aromatic N) is 1. The number of para-hydroxylation sites is 1. The van der Waals surface area contributed by atoms with Crippen LogP contribution in [0.25, 0.3) is 0 Å². The number of anilines is 1. The molecule has 0 saturated carbocycles. The van der Waals surface area contributed by atoms with E-state index in [4.69, 9.17) is 10.5 Å². The maximum absolute atomic E-state index is 6.48. The Hall–Kier alpha value is -1.06. The van der Waals surface area contributed by atoms with Gasteiger partial charge in [0.1, 0.15) is 0 Å². The highest BCUT2D eigenvalue weighted by molar-refractivity contribution is 5.55. The van der Waals surface area contributed by atoms with Crippen molar-refractivity contribution in [3.05, 3.63) is 29.8 Å². The molecule has 2 atom stereocenters. The van der Waals surface area contributed by atoms with Crippen LogP contribution in [0, 0.1) is 0 Å². The molecule has 2 heterocycles. The van der Waals surface area contributed by atoms with Crippen LogP contribution in [-0.2, 0) is 4.74 Å². The number of rotatable bonds is 4. The van der Waals surface area contributed by atoms with Crippen LogP contribution in [0.4, 0.5) is 5.69 Å². The van der Waals surface area contributed by atoms with Crippen LogP contribution in [-0.4, -0.2) is 25.8 Å². The molecule has 0 amide bonds. The van der Waals surface area contributed by atoms with Crippen LogP contribution < -0.4 is 10.6 Å². The molecular weight excluding hydrogens is 248 g/mol. The second kappa shape index (κ2) is 6.59. The molecule has 20 heavy (non-hydrogen) atoms. The SMILES string of the molecule is NC(CC1CCCO1)c1ccccc1N1CCCCC1. The van der Waals surface area contributed by atoms with E-state index in [0.717, 1.165) is 13.0 Å². The van der Waals surface area contributed by atoms with Gasteiger partial charge in [0.2, 0.25) is 0 Å². The zero-order valence-electron chi connectivity index (χ0n) is 12.3. The van der Waals surface area contributed by atoms with E-state index in [0.29, 0.717) is 6.10 Å². The van der Waals surface area contributed by atoms with Crippen molar-refractivity contribution in [1.29, 1.82) is 0 Å². The number of benzene rings is 1. The first-order valence-electron chi connectivity index (χ1n) is 8.05. The third-order valence-corrected chi connectivity index (χ3v) is 4.57.